The first-order valence-corrected chi connectivity index (χ1v) is 5.99. The van der Waals surface area contributed by atoms with Crippen molar-refractivity contribution in [1.82, 2.24) is 10.1 Å². The fraction of sp³-hybridized carbons (Fsp3) is 0.385. The van der Waals surface area contributed by atoms with Crippen molar-refractivity contribution in [2.75, 3.05) is 0 Å². The number of aryl methyl sites for hydroxylation is 1. The molecule has 5 heteroatoms. The fourth-order valence-corrected chi connectivity index (χ4v) is 1.53. The molecule has 0 fully saturated rings. The van der Waals surface area contributed by atoms with E-state index in [0.717, 1.165) is 17.7 Å². The molecule has 1 aromatic carbocycles. The molecule has 0 amide bonds. The van der Waals surface area contributed by atoms with Crippen LogP contribution in [0.3, 0.4) is 0 Å². The Morgan fingerprint density at radius 1 is 1.44 bits per heavy atom. The maximum Gasteiger partial charge on any atom is 0.226 e. The van der Waals surface area contributed by atoms with Gasteiger partial charge in [-0.2, -0.15) is 4.98 Å². The first-order chi connectivity index (χ1) is 8.69. The first kappa shape index (κ1) is 12.6. The number of nitrogens with zero attached hydrogens (tertiary/aromatic N) is 2. The smallest absolute Gasteiger partial charge is 0.226 e. The average Bonchev–Trinajstić information content (AvgIpc) is 2.84. The van der Waals surface area contributed by atoms with Crippen LogP contribution in [0.1, 0.15) is 37.2 Å². The standard InChI is InChI=1S/C13H17N3O2/c1-3-13-15-12(16-18-13)8-17-11-6-4-5-10(7-11)9(2)14/h4-7,9H,3,8,14H2,1-2H3/t9-/m1/s1. The van der Waals surface area contributed by atoms with Gasteiger partial charge in [-0.1, -0.05) is 24.2 Å². The molecule has 0 radical (unpaired) electrons. The van der Waals surface area contributed by atoms with E-state index in [1.807, 2.05) is 38.1 Å². The molecule has 0 saturated heterocycles. The second-order valence-electron chi connectivity index (χ2n) is 4.11. The van der Waals surface area contributed by atoms with Gasteiger partial charge in [0.25, 0.3) is 0 Å². The number of aromatic nitrogens is 2. The summed E-state index contributed by atoms with van der Waals surface area (Å²) in [6, 6.07) is 7.69. The predicted molar refractivity (Wildman–Crippen MR) is 67.1 cm³/mol. The molecule has 96 valence electrons. The molecule has 0 aliphatic heterocycles. The Morgan fingerprint density at radius 3 is 2.94 bits per heavy atom. The molecule has 0 aliphatic carbocycles. The van der Waals surface area contributed by atoms with Gasteiger partial charge in [0, 0.05) is 12.5 Å². The van der Waals surface area contributed by atoms with Crippen LogP contribution in [0.4, 0.5) is 0 Å². The SMILES string of the molecule is CCc1nc(COc2cccc([C@@H](C)N)c2)no1. The summed E-state index contributed by atoms with van der Waals surface area (Å²) in [7, 11) is 0. The molecule has 2 N–H and O–H groups in total. The molecule has 2 rings (SSSR count). The fourth-order valence-electron chi connectivity index (χ4n) is 1.53. The van der Waals surface area contributed by atoms with E-state index in [0.29, 0.717) is 18.3 Å². The number of hydrogen-bond acceptors (Lipinski definition) is 5. The second kappa shape index (κ2) is 5.64. The Labute approximate surface area is 106 Å². The highest BCUT2D eigenvalue weighted by molar-refractivity contribution is 5.30. The monoisotopic (exact) mass is 247 g/mol. The predicted octanol–water partition coefficient (Wildman–Crippen LogP) is 2.23. The van der Waals surface area contributed by atoms with Gasteiger partial charge in [-0.3, -0.25) is 0 Å². The summed E-state index contributed by atoms with van der Waals surface area (Å²) < 4.78 is 10.6. The lowest BCUT2D eigenvalue weighted by Gasteiger charge is -2.08. The van der Waals surface area contributed by atoms with Gasteiger partial charge in [0.05, 0.1) is 0 Å². The van der Waals surface area contributed by atoms with Crippen molar-refractivity contribution >= 4 is 0 Å². The minimum atomic E-state index is -0.00887. The van der Waals surface area contributed by atoms with E-state index >= 15 is 0 Å². The summed E-state index contributed by atoms with van der Waals surface area (Å²) in [5.41, 5.74) is 6.85. The molecule has 2 aromatic rings. The highest BCUT2D eigenvalue weighted by Crippen LogP contribution is 2.18. The Bertz CT molecular complexity index is 508. The molecular formula is C13H17N3O2. The summed E-state index contributed by atoms with van der Waals surface area (Å²) in [4.78, 5) is 4.17. The summed E-state index contributed by atoms with van der Waals surface area (Å²) >= 11 is 0. The summed E-state index contributed by atoms with van der Waals surface area (Å²) in [6.07, 6.45) is 0.729. The second-order valence-corrected chi connectivity index (χ2v) is 4.11. The third-order valence-electron chi connectivity index (χ3n) is 2.56. The minimum absolute atomic E-state index is 0.00887. The zero-order valence-electron chi connectivity index (χ0n) is 10.6. The number of rotatable bonds is 5. The molecular weight excluding hydrogens is 230 g/mol. The lowest BCUT2D eigenvalue weighted by Crippen LogP contribution is -2.05. The molecule has 18 heavy (non-hydrogen) atoms. The van der Waals surface area contributed by atoms with Crippen LogP contribution in [0.2, 0.25) is 0 Å². The molecule has 1 heterocycles. The van der Waals surface area contributed by atoms with Crippen LogP contribution in [0, 0.1) is 0 Å². The quantitative estimate of drug-likeness (QED) is 0.877. The van der Waals surface area contributed by atoms with E-state index in [2.05, 4.69) is 10.1 Å². The van der Waals surface area contributed by atoms with Gasteiger partial charge in [-0.25, -0.2) is 0 Å². The zero-order chi connectivity index (χ0) is 13.0. The van der Waals surface area contributed by atoms with Crippen LogP contribution in [0.25, 0.3) is 0 Å². The number of ether oxygens (including phenoxy) is 1. The van der Waals surface area contributed by atoms with Gasteiger partial charge in [-0.05, 0) is 24.6 Å². The van der Waals surface area contributed by atoms with Crippen LogP contribution in [-0.2, 0) is 13.0 Å². The van der Waals surface area contributed by atoms with Gasteiger partial charge in [0.15, 0.2) is 6.61 Å². The van der Waals surface area contributed by atoms with Crippen molar-refractivity contribution in [3.63, 3.8) is 0 Å². The summed E-state index contributed by atoms with van der Waals surface area (Å²) in [5.74, 6) is 1.93. The van der Waals surface area contributed by atoms with Crippen LogP contribution < -0.4 is 10.5 Å². The third kappa shape index (κ3) is 3.07. The van der Waals surface area contributed by atoms with Crippen LogP contribution in [-0.4, -0.2) is 10.1 Å². The van der Waals surface area contributed by atoms with Crippen LogP contribution >= 0.6 is 0 Å². The lowest BCUT2D eigenvalue weighted by molar-refractivity contribution is 0.285. The number of nitrogens with two attached hydrogens (primary N) is 1. The minimum Gasteiger partial charge on any atom is -0.485 e. The molecule has 1 atom stereocenters. The van der Waals surface area contributed by atoms with E-state index in [-0.39, 0.29) is 6.04 Å². The van der Waals surface area contributed by atoms with Gasteiger partial charge >= 0.3 is 0 Å². The molecule has 0 spiro atoms. The van der Waals surface area contributed by atoms with Crippen molar-refractivity contribution in [3.05, 3.63) is 41.5 Å². The first-order valence-electron chi connectivity index (χ1n) is 5.99. The number of hydrogen-bond donors (Lipinski definition) is 1. The largest absolute Gasteiger partial charge is 0.485 e. The van der Waals surface area contributed by atoms with Crippen LogP contribution in [0.5, 0.6) is 5.75 Å². The van der Waals surface area contributed by atoms with Gasteiger partial charge in [0.1, 0.15) is 5.75 Å². The molecule has 0 unspecified atom stereocenters. The Balaban J connectivity index is 1.99. The van der Waals surface area contributed by atoms with E-state index < -0.39 is 0 Å². The van der Waals surface area contributed by atoms with Crippen molar-refractivity contribution in [2.24, 2.45) is 5.73 Å². The van der Waals surface area contributed by atoms with Gasteiger partial charge < -0.3 is 15.0 Å². The molecule has 0 aliphatic rings. The molecule has 1 aromatic heterocycles. The Kier molecular flexibility index (Phi) is 3.94. The zero-order valence-corrected chi connectivity index (χ0v) is 10.6. The summed E-state index contributed by atoms with van der Waals surface area (Å²) in [5, 5.41) is 3.82. The molecule has 0 saturated carbocycles. The van der Waals surface area contributed by atoms with Gasteiger partial charge in [0.2, 0.25) is 11.7 Å². The average molecular weight is 247 g/mol. The Morgan fingerprint density at radius 2 is 2.28 bits per heavy atom. The van der Waals surface area contributed by atoms with E-state index in [1.165, 1.54) is 0 Å². The van der Waals surface area contributed by atoms with E-state index in [1.54, 1.807) is 0 Å². The lowest BCUT2D eigenvalue weighted by atomic mass is 10.1. The van der Waals surface area contributed by atoms with E-state index in [4.69, 9.17) is 15.0 Å². The van der Waals surface area contributed by atoms with Gasteiger partial charge in [-0.15, -0.1) is 0 Å². The number of benzene rings is 1. The topological polar surface area (TPSA) is 74.2 Å². The highest BCUT2D eigenvalue weighted by Gasteiger charge is 2.06. The van der Waals surface area contributed by atoms with Crippen molar-refractivity contribution < 1.29 is 9.26 Å². The summed E-state index contributed by atoms with van der Waals surface area (Å²) in [6.45, 7) is 4.20. The maximum absolute atomic E-state index is 5.82. The maximum atomic E-state index is 5.82. The van der Waals surface area contributed by atoms with Crippen molar-refractivity contribution in [2.45, 2.75) is 32.9 Å². The highest BCUT2D eigenvalue weighted by atomic mass is 16.5. The van der Waals surface area contributed by atoms with Crippen molar-refractivity contribution in [3.8, 4) is 5.75 Å². The Hall–Kier alpha value is -1.88. The third-order valence-corrected chi connectivity index (χ3v) is 2.56. The molecule has 5 nitrogen and oxygen atoms in total. The normalized spacial score (nSPS) is 12.4. The van der Waals surface area contributed by atoms with Crippen LogP contribution in [0.15, 0.2) is 28.8 Å². The van der Waals surface area contributed by atoms with Crippen molar-refractivity contribution in [1.29, 1.82) is 0 Å². The molecule has 0 bridgehead atoms. The van der Waals surface area contributed by atoms with E-state index in [9.17, 15) is 0 Å².